The number of carbonyl (C=O) groups excluding carboxylic acids is 3. The maximum absolute atomic E-state index is 12.4. The van der Waals surface area contributed by atoms with Crippen LogP contribution >= 0.6 is 0 Å². The number of hydrogen-bond acceptors (Lipinski definition) is 4. The number of aliphatic hydroxyl groups is 1. The monoisotopic (exact) mass is 303 g/mol. The Balaban J connectivity index is 1.75. The van der Waals surface area contributed by atoms with Gasteiger partial charge in [-0.25, -0.2) is 4.79 Å². The normalized spacial score (nSPS) is 21.3. The van der Waals surface area contributed by atoms with Gasteiger partial charge < -0.3 is 14.9 Å². The van der Waals surface area contributed by atoms with Gasteiger partial charge in [-0.05, 0) is 12.1 Å². The second-order valence-corrected chi connectivity index (χ2v) is 5.32. The number of imide groups is 1. The van der Waals surface area contributed by atoms with E-state index in [0.717, 1.165) is 4.90 Å². The predicted molar refractivity (Wildman–Crippen MR) is 77.0 cm³/mol. The van der Waals surface area contributed by atoms with E-state index in [-0.39, 0.29) is 37.5 Å². The van der Waals surface area contributed by atoms with E-state index in [0.29, 0.717) is 18.7 Å². The van der Waals surface area contributed by atoms with E-state index in [9.17, 15) is 14.4 Å². The topological polar surface area (TPSA) is 81.2 Å². The maximum Gasteiger partial charge on any atom is 0.327 e. The van der Waals surface area contributed by atoms with Crippen molar-refractivity contribution in [2.45, 2.75) is 6.04 Å². The van der Waals surface area contributed by atoms with E-state index in [4.69, 9.17) is 5.11 Å². The van der Waals surface area contributed by atoms with Crippen LogP contribution in [0.4, 0.5) is 4.79 Å². The maximum atomic E-state index is 12.4. The van der Waals surface area contributed by atoms with Gasteiger partial charge in [-0.3, -0.25) is 14.5 Å². The summed E-state index contributed by atoms with van der Waals surface area (Å²) in [4.78, 5) is 40.9. The fourth-order valence-corrected chi connectivity index (χ4v) is 2.91. The minimum atomic E-state index is -0.638. The second-order valence-electron chi connectivity index (χ2n) is 5.32. The van der Waals surface area contributed by atoms with Crippen molar-refractivity contribution < 1.29 is 19.5 Å². The minimum Gasteiger partial charge on any atom is -0.395 e. The first-order valence-corrected chi connectivity index (χ1v) is 7.20. The van der Waals surface area contributed by atoms with Gasteiger partial charge in [0.2, 0.25) is 0 Å². The minimum absolute atomic E-state index is 0.00268. The number of aliphatic hydroxyl groups excluding tert-OH is 1. The van der Waals surface area contributed by atoms with Gasteiger partial charge >= 0.3 is 6.03 Å². The molecule has 2 fully saturated rings. The lowest BCUT2D eigenvalue weighted by Gasteiger charge is -2.35. The average Bonchev–Trinajstić information content (AvgIpc) is 2.80. The summed E-state index contributed by atoms with van der Waals surface area (Å²) >= 11 is 0. The summed E-state index contributed by atoms with van der Waals surface area (Å²) in [7, 11) is 0. The SMILES string of the molecule is O=C(c1ccccc1)N1CCN2C(=O)N(CCO)C(=O)C2C1. The summed E-state index contributed by atoms with van der Waals surface area (Å²) in [6.45, 7) is 0.661. The van der Waals surface area contributed by atoms with E-state index in [2.05, 4.69) is 0 Å². The third-order valence-electron chi connectivity index (χ3n) is 4.04. The highest BCUT2D eigenvalue weighted by atomic mass is 16.3. The Hall–Kier alpha value is -2.41. The molecule has 4 amide bonds. The molecule has 2 heterocycles. The highest BCUT2D eigenvalue weighted by molar-refractivity contribution is 6.05. The van der Waals surface area contributed by atoms with Gasteiger partial charge in [0.25, 0.3) is 11.8 Å². The van der Waals surface area contributed by atoms with Crippen LogP contribution in [0.3, 0.4) is 0 Å². The number of fused-ring (bicyclic) bond motifs is 1. The Morgan fingerprint density at radius 2 is 1.91 bits per heavy atom. The van der Waals surface area contributed by atoms with Gasteiger partial charge in [-0.2, -0.15) is 0 Å². The lowest BCUT2D eigenvalue weighted by atomic mass is 10.1. The van der Waals surface area contributed by atoms with Crippen molar-refractivity contribution in [1.29, 1.82) is 0 Å². The molecule has 7 heteroatoms. The van der Waals surface area contributed by atoms with Crippen LogP contribution in [-0.4, -0.2) is 76.5 Å². The lowest BCUT2D eigenvalue weighted by Crippen LogP contribution is -2.54. The molecule has 3 rings (SSSR count). The van der Waals surface area contributed by atoms with Gasteiger partial charge in [0.15, 0.2) is 0 Å². The molecule has 0 aromatic heterocycles. The van der Waals surface area contributed by atoms with E-state index in [1.165, 1.54) is 4.90 Å². The molecule has 1 aromatic carbocycles. The number of β-amino-alcohol motifs (C(OH)–C–C–N with tert-alkyl or cyclic N) is 1. The molecule has 0 aliphatic carbocycles. The number of carbonyl (C=O) groups is 3. The molecule has 22 heavy (non-hydrogen) atoms. The molecule has 2 saturated heterocycles. The number of nitrogens with zero attached hydrogens (tertiary/aromatic N) is 3. The highest BCUT2D eigenvalue weighted by Gasteiger charge is 2.47. The van der Waals surface area contributed by atoms with E-state index in [1.807, 2.05) is 6.07 Å². The molecule has 0 saturated carbocycles. The number of urea groups is 1. The van der Waals surface area contributed by atoms with E-state index < -0.39 is 6.04 Å². The van der Waals surface area contributed by atoms with Gasteiger partial charge in [-0.1, -0.05) is 18.2 Å². The number of hydrogen-bond donors (Lipinski definition) is 1. The molecule has 116 valence electrons. The third-order valence-corrected chi connectivity index (χ3v) is 4.04. The molecule has 0 spiro atoms. The summed E-state index contributed by atoms with van der Waals surface area (Å²) in [5, 5.41) is 8.96. The average molecular weight is 303 g/mol. The first-order chi connectivity index (χ1) is 10.6. The Kier molecular flexibility index (Phi) is 3.81. The van der Waals surface area contributed by atoms with Crippen molar-refractivity contribution in [3.05, 3.63) is 35.9 Å². The Morgan fingerprint density at radius 1 is 1.18 bits per heavy atom. The van der Waals surface area contributed by atoms with Crippen LogP contribution in [0.25, 0.3) is 0 Å². The largest absolute Gasteiger partial charge is 0.395 e. The Labute approximate surface area is 127 Å². The molecular formula is C15H17N3O4. The standard InChI is InChI=1S/C15H17N3O4/c19-9-8-18-14(21)12-10-16(6-7-17(12)15(18)22)13(20)11-4-2-1-3-5-11/h1-5,12,19H,6-10H2. The van der Waals surface area contributed by atoms with Crippen molar-refractivity contribution in [2.24, 2.45) is 0 Å². The molecule has 2 aliphatic heterocycles. The summed E-state index contributed by atoms with van der Waals surface area (Å²) in [5.74, 6) is -0.481. The van der Waals surface area contributed by atoms with Crippen LogP contribution in [0.2, 0.25) is 0 Å². The van der Waals surface area contributed by atoms with Gasteiger partial charge in [0.05, 0.1) is 19.7 Å². The van der Waals surface area contributed by atoms with Crippen LogP contribution in [0.5, 0.6) is 0 Å². The quantitative estimate of drug-likeness (QED) is 0.782. The molecule has 1 aromatic rings. The fourth-order valence-electron chi connectivity index (χ4n) is 2.91. The zero-order valence-electron chi connectivity index (χ0n) is 12.0. The highest BCUT2D eigenvalue weighted by Crippen LogP contribution is 2.22. The van der Waals surface area contributed by atoms with Crippen molar-refractivity contribution >= 4 is 17.8 Å². The van der Waals surface area contributed by atoms with Crippen LogP contribution in [0.1, 0.15) is 10.4 Å². The van der Waals surface area contributed by atoms with Crippen LogP contribution < -0.4 is 0 Å². The van der Waals surface area contributed by atoms with Gasteiger partial charge in [0, 0.05) is 18.7 Å². The zero-order valence-corrected chi connectivity index (χ0v) is 12.0. The molecule has 2 aliphatic rings. The van der Waals surface area contributed by atoms with Crippen molar-refractivity contribution in [3.8, 4) is 0 Å². The molecule has 7 nitrogen and oxygen atoms in total. The molecular weight excluding hydrogens is 286 g/mol. The van der Waals surface area contributed by atoms with E-state index >= 15 is 0 Å². The van der Waals surface area contributed by atoms with Crippen LogP contribution in [-0.2, 0) is 4.79 Å². The van der Waals surface area contributed by atoms with Crippen molar-refractivity contribution in [2.75, 3.05) is 32.8 Å². The molecule has 1 N–H and O–H groups in total. The zero-order chi connectivity index (χ0) is 15.7. The molecule has 0 bridgehead atoms. The molecule has 0 radical (unpaired) electrons. The predicted octanol–water partition coefficient (Wildman–Crippen LogP) is -0.232. The van der Waals surface area contributed by atoms with Crippen LogP contribution in [0.15, 0.2) is 30.3 Å². The number of amides is 4. The number of rotatable bonds is 3. The molecule has 1 unspecified atom stereocenters. The first-order valence-electron chi connectivity index (χ1n) is 7.20. The first kappa shape index (κ1) is 14.5. The second kappa shape index (κ2) is 5.76. The van der Waals surface area contributed by atoms with Gasteiger partial charge in [0.1, 0.15) is 6.04 Å². The van der Waals surface area contributed by atoms with E-state index in [1.54, 1.807) is 29.2 Å². The van der Waals surface area contributed by atoms with Crippen LogP contribution in [0, 0.1) is 0 Å². The lowest BCUT2D eigenvalue weighted by molar-refractivity contribution is -0.129. The third kappa shape index (κ3) is 2.33. The van der Waals surface area contributed by atoms with Crippen molar-refractivity contribution in [1.82, 2.24) is 14.7 Å². The smallest absolute Gasteiger partial charge is 0.327 e. The molecule has 1 atom stereocenters. The number of piperazine rings is 1. The Morgan fingerprint density at radius 3 is 2.59 bits per heavy atom. The summed E-state index contributed by atoms with van der Waals surface area (Å²) in [6.07, 6.45) is 0. The summed E-state index contributed by atoms with van der Waals surface area (Å²) in [6, 6.07) is 7.85. The summed E-state index contributed by atoms with van der Waals surface area (Å²) < 4.78 is 0. The van der Waals surface area contributed by atoms with Crippen molar-refractivity contribution in [3.63, 3.8) is 0 Å². The fraction of sp³-hybridized carbons (Fsp3) is 0.400. The summed E-state index contributed by atoms with van der Waals surface area (Å²) in [5.41, 5.74) is 0.569. The number of benzene rings is 1. The van der Waals surface area contributed by atoms with Gasteiger partial charge in [-0.15, -0.1) is 0 Å². The Bertz CT molecular complexity index is 604.